The number of hydrogen-bond acceptors (Lipinski definition) is 6. The van der Waals surface area contributed by atoms with Crippen molar-refractivity contribution in [1.82, 2.24) is 24.2 Å². The highest BCUT2D eigenvalue weighted by Gasteiger charge is 2.46. The summed E-state index contributed by atoms with van der Waals surface area (Å²) in [6.07, 6.45) is 2.58. The van der Waals surface area contributed by atoms with E-state index in [1.54, 1.807) is 0 Å². The van der Waals surface area contributed by atoms with Gasteiger partial charge in [0.2, 0.25) is 0 Å². The summed E-state index contributed by atoms with van der Waals surface area (Å²) in [7, 11) is 1.44. The Morgan fingerprint density at radius 3 is 2.34 bits per heavy atom. The van der Waals surface area contributed by atoms with E-state index in [4.69, 9.17) is 16.3 Å². The van der Waals surface area contributed by atoms with E-state index < -0.39 is 16.9 Å². The second-order valence-corrected chi connectivity index (χ2v) is 9.21. The van der Waals surface area contributed by atoms with E-state index in [-0.39, 0.29) is 40.4 Å². The van der Waals surface area contributed by atoms with Crippen molar-refractivity contribution >= 4 is 28.7 Å². The van der Waals surface area contributed by atoms with Crippen molar-refractivity contribution in [3.05, 3.63) is 32.1 Å². The van der Waals surface area contributed by atoms with Crippen LogP contribution in [-0.4, -0.2) is 48.0 Å². The molecule has 2 aromatic heterocycles. The minimum absolute atomic E-state index is 0.0203. The molecule has 2 bridgehead atoms. The molecule has 0 N–H and O–H groups in total. The van der Waals surface area contributed by atoms with Crippen LogP contribution in [0.4, 0.5) is 4.79 Å². The van der Waals surface area contributed by atoms with Crippen LogP contribution < -0.4 is 11.2 Å². The molecule has 2 fully saturated rings. The molecule has 2 aliphatic heterocycles. The van der Waals surface area contributed by atoms with Gasteiger partial charge in [0.15, 0.2) is 10.8 Å². The van der Waals surface area contributed by atoms with Gasteiger partial charge in [0.1, 0.15) is 5.60 Å². The average molecular weight is 422 g/mol. The summed E-state index contributed by atoms with van der Waals surface area (Å²) in [5.41, 5.74) is -1.22. The van der Waals surface area contributed by atoms with Crippen molar-refractivity contribution in [3.8, 4) is 0 Å². The van der Waals surface area contributed by atoms with Crippen LogP contribution in [0.3, 0.4) is 0 Å². The first kappa shape index (κ1) is 19.9. The Labute approximate surface area is 172 Å². The van der Waals surface area contributed by atoms with Gasteiger partial charge in [-0.3, -0.25) is 13.9 Å². The molecular weight excluding hydrogens is 398 g/mol. The summed E-state index contributed by atoms with van der Waals surface area (Å²) in [5.74, 6) is 0. The normalized spacial score (nSPS) is 24.2. The van der Waals surface area contributed by atoms with Crippen molar-refractivity contribution in [1.29, 1.82) is 0 Å². The summed E-state index contributed by atoms with van der Waals surface area (Å²) in [6.45, 7) is 5.54. The minimum Gasteiger partial charge on any atom is -0.444 e. The summed E-state index contributed by atoms with van der Waals surface area (Å²) >= 11 is 5.92. The number of hydrogen-bond donors (Lipinski definition) is 0. The Bertz CT molecular complexity index is 1090. The number of ether oxygens (including phenoxy) is 1. The summed E-state index contributed by atoms with van der Waals surface area (Å²) in [6, 6.07) is 1.21. The van der Waals surface area contributed by atoms with Crippen LogP contribution in [0.5, 0.6) is 0 Å². The van der Waals surface area contributed by atoms with Crippen LogP contribution >= 0.6 is 11.6 Å². The van der Waals surface area contributed by atoms with Gasteiger partial charge in [0.25, 0.3) is 5.56 Å². The molecule has 3 atom stereocenters. The molecule has 0 saturated carbocycles. The van der Waals surface area contributed by atoms with Gasteiger partial charge >= 0.3 is 11.8 Å². The van der Waals surface area contributed by atoms with E-state index in [0.717, 1.165) is 17.4 Å². The fraction of sp³-hybridized carbons (Fsp3) is 0.632. The highest BCUT2D eigenvalue weighted by atomic mass is 35.5. The smallest absolute Gasteiger partial charge is 0.410 e. The van der Waals surface area contributed by atoms with E-state index in [2.05, 4.69) is 10.2 Å². The monoisotopic (exact) mass is 421 g/mol. The molecule has 0 aliphatic carbocycles. The van der Waals surface area contributed by atoms with Crippen LogP contribution in [0.15, 0.2) is 15.7 Å². The molecule has 9 nitrogen and oxygen atoms in total. The molecule has 1 amide bonds. The first-order chi connectivity index (χ1) is 13.6. The minimum atomic E-state index is -0.562. The van der Waals surface area contributed by atoms with E-state index in [1.165, 1.54) is 17.7 Å². The topological polar surface area (TPSA) is 99.3 Å². The average Bonchev–Trinajstić information content (AvgIpc) is 2.90. The van der Waals surface area contributed by atoms with Crippen molar-refractivity contribution in [2.24, 2.45) is 7.05 Å². The lowest BCUT2D eigenvalue weighted by Crippen LogP contribution is -2.50. The predicted molar refractivity (Wildman–Crippen MR) is 107 cm³/mol. The van der Waals surface area contributed by atoms with Gasteiger partial charge in [0.05, 0.1) is 5.39 Å². The maximum absolute atomic E-state index is 12.9. The van der Waals surface area contributed by atoms with Gasteiger partial charge in [-0.05, 0) is 52.5 Å². The summed E-state index contributed by atoms with van der Waals surface area (Å²) in [5, 5.41) is 8.24. The molecule has 2 aromatic rings. The molecular formula is C19H24ClN5O4. The third-order valence-corrected chi connectivity index (χ3v) is 5.86. The zero-order valence-corrected chi connectivity index (χ0v) is 17.6. The summed E-state index contributed by atoms with van der Waals surface area (Å²) < 4.78 is 8.19. The number of rotatable bonds is 1. The second kappa shape index (κ2) is 6.83. The molecule has 0 spiro atoms. The number of carbonyl (C=O) groups is 1. The fourth-order valence-corrected chi connectivity index (χ4v) is 4.66. The molecule has 10 heteroatoms. The highest BCUT2D eigenvalue weighted by Crippen LogP contribution is 2.41. The number of carbonyl (C=O) groups excluding carboxylic acids is 1. The third kappa shape index (κ3) is 3.41. The number of halogens is 1. The summed E-state index contributed by atoms with van der Waals surface area (Å²) in [4.78, 5) is 40.0. The van der Waals surface area contributed by atoms with Crippen molar-refractivity contribution in [2.45, 2.75) is 70.2 Å². The van der Waals surface area contributed by atoms with Gasteiger partial charge in [-0.15, -0.1) is 10.2 Å². The Hall–Kier alpha value is -2.42. The number of aromatic nitrogens is 4. The van der Waals surface area contributed by atoms with Crippen LogP contribution in [0, 0.1) is 0 Å². The molecule has 4 heterocycles. The van der Waals surface area contributed by atoms with E-state index in [1.807, 2.05) is 25.7 Å². The van der Waals surface area contributed by atoms with Crippen LogP contribution in [0.2, 0.25) is 5.15 Å². The van der Waals surface area contributed by atoms with Crippen molar-refractivity contribution in [2.75, 3.05) is 0 Å². The molecule has 29 heavy (non-hydrogen) atoms. The van der Waals surface area contributed by atoms with Crippen LogP contribution in [0.1, 0.15) is 52.5 Å². The van der Waals surface area contributed by atoms with Gasteiger partial charge in [-0.25, -0.2) is 9.59 Å². The molecule has 156 valence electrons. The first-order valence-electron chi connectivity index (χ1n) is 9.72. The van der Waals surface area contributed by atoms with Crippen LogP contribution in [-0.2, 0) is 11.8 Å². The van der Waals surface area contributed by atoms with Crippen molar-refractivity contribution < 1.29 is 9.53 Å². The van der Waals surface area contributed by atoms with E-state index >= 15 is 0 Å². The Morgan fingerprint density at radius 1 is 1.14 bits per heavy atom. The molecule has 0 aromatic carbocycles. The second-order valence-electron chi connectivity index (χ2n) is 8.82. The largest absolute Gasteiger partial charge is 0.444 e. The zero-order chi connectivity index (χ0) is 21.1. The van der Waals surface area contributed by atoms with Gasteiger partial charge in [0, 0.05) is 25.2 Å². The quantitative estimate of drug-likeness (QED) is 0.700. The maximum atomic E-state index is 12.9. The standard InChI is InChI=1S/C19H24ClN5O4/c1-19(2,3)29-18(28)24-10-5-6-11(24)8-12(7-10)25-15-13(9-14(20)21-22-15)16(26)23(4)17(25)27/h9-12H,5-8H2,1-4H3/t10-,11+,12?. The fourth-order valence-electron chi connectivity index (χ4n) is 4.52. The lowest BCUT2D eigenvalue weighted by atomic mass is 9.97. The Kier molecular flexibility index (Phi) is 4.68. The molecule has 2 aliphatic rings. The third-order valence-electron chi connectivity index (χ3n) is 5.68. The number of fused-ring (bicyclic) bond motifs is 3. The highest BCUT2D eigenvalue weighted by molar-refractivity contribution is 6.29. The molecule has 4 rings (SSSR count). The Balaban J connectivity index is 1.72. The molecule has 2 saturated heterocycles. The SMILES string of the molecule is Cn1c(=O)c2cc(Cl)nnc2n(C2C[C@H]3CC[C@@H](C2)N3C(=O)OC(C)(C)C)c1=O. The van der Waals surface area contributed by atoms with Gasteiger partial charge in [-0.1, -0.05) is 11.6 Å². The van der Waals surface area contributed by atoms with Gasteiger partial charge in [-0.2, -0.15) is 0 Å². The predicted octanol–water partition coefficient (Wildman–Crippen LogP) is 2.25. The van der Waals surface area contributed by atoms with Gasteiger partial charge < -0.3 is 9.64 Å². The lowest BCUT2D eigenvalue weighted by molar-refractivity contribution is 0.00287. The Morgan fingerprint density at radius 2 is 1.76 bits per heavy atom. The maximum Gasteiger partial charge on any atom is 0.410 e. The molecule has 0 radical (unpaired) electrons. The number of amides is 1. The number of nitrogens with zero attached hydrogens (tertiary/aromatic N) is 5. The number of piperidine rings is 1. The molecule has 1 unspecified atom stereocenters. The van der Waals surface area contributed by atoms with E-state index in [9.17, 15) is 14.4 Å². The van der Waals surface area contributed by atoms with Crippen LogP contribution in [0.25, 0.3) is 11.0 Å². The van der Waals surface area contributed by atoms with Crippen molar-refractivity contribution in [3.63, 3.8) is 0 Å². The zero-order valence-electron chi connectivity index (χ0n) is 16.9. The first-order valence-corrected chi connectivity index (χ1v) is 10.1. The lowest BCUT2D eigenvalue weighted by Gasteiger charge is -2.40. The van der Waals surface area contributed by atoms with E-state index in [0.29, 0.717) is 12.8 Å².